The zero-order valence-corrected chi connectivity index (χ0v) is 11.6. The summed E-state index contributed by atoms with van der Waals surface area (Å²) in [7, 11) is 0. The third-order valence-electron chi connectivity index (χ3n) is 4.96. The van der Waals surface area contributed by atoms with Gasteiger partial charge < -0.3 is 15.7 Å². The van der Waals surface area contributed by atoms with Crippen LogP contribution in [-0.2, 0) is 0 Å². The molecule has 5 nitrogen and oxygen atoms in total. The van der Waals surface area contributed by atoms with Gasteiger partial charge in [0.2, 0.25) is 0 Å². The van der Waals surface area contributed by atoms with Crippen molar-refractivity contribution in [2.24, 2.45) is 5.41 Å². The molecule has 3 rings (SSSR count). The number of carboxylic acids is 1. The molecule has 1 aromatic rings. The molecule has 0 radical (unpaired) electrons. The van der Waals surface area contributed by atoms with E-state index in [1.165, 1.54) is 44.7 Å². The molecule has 0 amide bonds. The first-order valence-electron chi connectivity index (χ1n) is 7.33. The van der Waals surface area contributed by atoms with Crippen LogP contribution in [0.2, 0.25) is 0 Å². The maximum atomic E-state index is 11.1. The summed E-state index contributed by atoms with van der Waals surface area (Å²) in [6, 6.07) is 1.60. The van der Waals surface area contributed by atoms with E-state index < -0.39 is 5.97 Å². The number of nitrogens with two attached hydrogens (primary N) is 1. The van der Waals surface area contributed by atoms with Crippen LogP contribution < -0.4 is 10.6 Å². The van der Waals surface area contributed by atoms with Gasteiger partial charge in [0.1, 0.15) is 5.82 Å². The van der Waals surface area contributed by atoms with Crippen molar-refractivity contribution < 1.29 is 9.90 Å². The Morgan fingerprint density at radius 3 is 2.50 bits per heavy atom. The molecular formula is C15H21N3O2. The normalized spacial score (nSPS) is 21.3. The van der Waals surface area contributed by atoms with Crippen LogP contribution in [0.5, 0.6) is 0 Å². The summed E-state index contributed by atoms with van der Waals surface area (Å²) in [4.78, 5) is 17.6. The fourth-order valence-corrected chi connectivity index (χ4v) is 3.65. The van der Waals surface area contributed by atoms with E-state index >= 15 is 0 Å². The second-order valence-electron chi connectivity index (χ2n) is 6.13. The predicted molar refractivity (Wildman–Crippen MR) is 78.0 cm³/mol. The van der Waals surface area contributed by atoms with E-state index in [2.05, 4.69) is 9.88 Å². The monoisotopic (exact) mass is 275 g/mol. The first-order chi connectivity index (χ1) is 9.60. The number of pyridine rings is 1. The molecule has 1 aromatic heterocycles. The number of rotatable bonds is 2. The number of piperidine rings is 1. The average molecular weight is 275 g/mol. The molecule has 0 aromatic carbocycles. The van der Waals surface area contributed by atoms with Gasteiger partial charge in [0.15, 0.2) is 0 Å². The van der Waals surface area contributed by atoms with Crippen LogP contribution in [0.15, 0.2) is 12.3 Å². The second-order valence-corrected chi connectivity index (χ2v) is 6.13. The number of nitrogens with zero attached hydrogens (tertiary/aromatic N) is 2. The molecule has 0 unspecified atom stereocenters. The standard InChI is InChI=1S/C15H21N3O2/c16-12-10-17-13(9-11(12)14(19)20)18-7-5-15(6-8-18)3-1-2-4-15/h9-10H,1-8,16H2,(H,19,20). The topological polar surface area (TPSA) is 79.5 Å². The van der Waals surface area contributed by atoms with E-state index in [-0.39, 0.29) is 11.3 Å². The average Bonchev–Trinajstić information content (AvgIpc) is 2.88. The van der Waals surface area contributed by atoms with Gasteiger partial charge in [-0.05, 0) is 37.2 Å². The van der Waals surface area contributed by atoms with E-state index in [1.54, 1.807) is 6.07 Å². The van der Waals surface area contributed by atoms with Gasteiger partial charge in [-0.1, -0.05) is 12.8 Å². The number of aromatic nitrogens is 1. The summed E-state index contributed by atoms with van der Waals surface area (Å²) in [5.41, 5.74) is 6.58. The Bertz CT molecular complexity index is 514. The molecule has 1 aliphatic heterocycles. The third kappa shape index (κ3) is 2.32. The predicted octanol–water partition coefficient (Wildman–Crippen LogP) is 2.52. The molecule has 108 valence electrons. The Hall–Kier alpha value is -1.78. The Kier molecular flexibility index (Phi) is 3.28. The summed E-state index contributed by atoms with van der Waals surface area (Å²) in [5.74, 6) is -0.250. The lowest BCUT2D eigenvalue weighted by Crippen LogP contribution is -2.39. The van der Waals surface area contributed by atoms with Crippen molar-refractivity contribution in [1.82, 2.24) is 4.98 Å². The highest BCUT2D eigenvalue weighted by Crippen LogP contribution is 2.46. The summed E-state index contributed by atoms with van der Waals surface area (Å²) in [6.45, 7) is 1.94. The molecule has 3 N–H and O–H groups in total. The molecule has 2 heterocycles. The van der Waals surface area contributed by atoms with E-state index in [4.69, 9.17) is 10.8 Å². The summed E-state index contributed by atoms with van der Waals surface area (Å²) < 4.78 is 0. The van der Waals surface area contributed by atoms with Crippen LogP contribution >= 0.6 is 0 Å². The largest absolute Gasteiger partial charge is 0.478 e. The van der Waals surface area contributed by atoms with Gasteiger partial charge in [-0.2, -0.15) is 0 Å². The first-order valence-corrected chi connectivity index (χ1v) is 7.33. The summed E-state index contributed by atoms with van der Waals surface area (Å²) >= 11 is 0. The van der Waals surface area contributed by atoms with Gasteiger partial charge in [-0.25, -0.2) is 9.78 Å². The van der Waals surface area contributed by atoms with Gasteiger partial charge in [0, 0.05) is 13.1 Å². The molecule has 0 bridgehead atoms. The molecule has 2 fully saturated rings. The van der Waals surface area contributed by atoms with Crippen molar-refractivity contribution in [2.45, 2.75) is 38.5 Å². The van der Waals surface area contributed by atoms with Gasteiger partial charge >= 0.3 is 5.97 Å². The molecule has 1 saturated heterocycles. The highest BCUT2D eigenvalue weighted by Gasteiger charge is 2.37. The fourth-order valence-electron chi connectivity index (χ4n) is 3.65. The van der Waals surface area contributed by atoms with Crippen LogP contribution in [0, 0.1) is 5.41 Å². The number of aromatic carboxylic acids is 1. The minimum atomic E-state index is -0.990. The van der Waals surface area contributed by atoms with Crippen molar-refractivity contribution in [1.29, 1.82) is 0 Å². The quantitative estimate of drug-likeness (QED) is 0.867. The van der Waals surface area contributed by atoms with Crippen LogP contribution in [-0.4, -0.2) is 29.1 Å². The van der Waals surface area contributed by atoms with E-state index in [0.717, 1.165) is 18.9 Å². The van der Waals surface area contributed by atoms with Crippen LogP contribution in [0.4, 0.5) is 11.5 Å². The van der Waals surface area contributed by atoms with E-state index in [1.807, 2.05) is 0 Å². The maximum absolute atomic E-state index is 11.1. The Morgan fingerprint density at radius 1 is 1.25 bits per heavy atom. The van der Waals surface area contributed by atoms with Crippen molar-refractivity contribution in [3.05, 3.63) is 17.8 Å². The first kappa shape index (κ1) is 13.2. The zero-order chi connectivity index (χ0) is 14.2. The molecule has 5 heteroatoms. The van der Waals surface area contributed by atoms with Crippen molar-refractivity contribution in [2.75, 3.05) is 23.7 Å². The molecular weight excluding hydrogens is 254 g/mol. The molecule has 2 aliphatic rings. The van der Waals surface area contributed by atoms with Crippen molar-refractivity contribution >= 4 is 17.5 Å². The van der Waals surface area contributed by atoms with Crippen LogP contribution in [0.3, 0.4) is 0 Å². The lowest BCUT2D eigenvalue weighted by Gasteiger charge is -2.40. The lowest BCUT2D eigenvalue weighted by molar-refractivity contribution is 0.0698. The molecule has 1 saturated carbocycles. The van der Waals surface area contributed by atoms with Crippen LogP contribution in [0.25, 0.3) is 0 Å². The van der Waals surface area contributed by atoms with Crippen LogP contribution in [0.1, 0.15) is 48.9 Å². The zero-order valence-electron chi connectivity index (χ0n) is 11.6. The molecule has 0 atom stereocenters. The fraction of sp³-hybridized carbons (Fsp3) is 0.600. The summed E-state index contributed by atoms with van der Waals surface area (Å²) in [5, 5.41) is 9.13. The SMILES string of the molecule is Nc1cnc(N2CCC3(CCCC3)CC2)cc1C(=O)O. The Balaban J connectivity index is 1.75. The summed E-state index contributed by atoms with van der Waals surface area (Å²) in [6.07, 6.45) is 9.29. The number of anilines is 2. The van der Waals surface area contributed by atoms with Gasteiger partial charge in [-0.3, -0.25) is 0 Å². The smallest absolute Gasteiger partial charge is 0.337 e. The molecule has 1 spiro atoms. The van der Waals surface area contributed by atoms with E-state index in [9.17, 15) is 4.79 Å². The van der Waals surface area contributed by atoms with Gasteiger partial charge in [-0.15, -0.1) is 0 Å². The minimum Gasteiger partial charge on any atom is -0.478 e. The number of carbonyl (C=O) groups is 1. The number of nitrogen functional groups attached to an aromatic ring is 1. The van der Waals surface area contributed by atoms with Gasteiger partial charge in [0.25, 0.3) is 0 Å². The Labute approximate surface area is 118 Å². The number of hydrogen-bond donors (Lipinski definition) is 2. The van der Waals surface area contributed by atoms with Crippen molar-refractivity contribution in [3.63, 3.8) is 0 Å². The molecule has 20 heavy (non-hydrogen) atoms. The lowest BCUT2D eigenvalue weighted by atomic mass is 9.77. The van der Waals surface area contributed by atoms with E-state index in [0.29, 0.717) is 5.41 Å². The second kappa shape index (κ2) is 4.96. The molecule has 1 aliphatic carbocycles. The Morgan fingerprint density at radius 2 is 1.90 bits per heavy atom. The van der Waals surface area contributed by atoms with Gasteiger partial charge in [0.05, 0.1) is 17.4 Å². The highest BCUT2D eigenvalue weighted by molar-refractivity contribution is 5.94. The number of carboxylic acid groups (broad SMARTS) is 1. The maximum Gasteiger partial charge on any atom is 0.337 e. The highest BCUT2D eigenvalue weighted by atomic mass is 16.4. The third-order valence-corrected chi connectivity index (χ3v) is 4.96. The minimum absolute atomic E-state index is 0.149. The number of hydrogen-bond acceptors (Lipinski definition) is 4. The van der Waals surface area contributed by atoms with Crippen molar-refractivity contribution in [3.8, 4) is 0 Å².